The highest BCUT2D eigenvalue weighted by molar-refractivity contribution is 7.15. The van der Waals surface area contributed by atoms with E-state index in [-0.39, 0.29) is 16.8 Å². The number of fused-ring (bicyclic) bond motifs is 2. The standard InChI is InChI=1S/C26H25N3O5S/c1-5-20-27-28-26(35-20)29-22(15-9-11-18(32-6-2)19(13-15)33-7-3)21-23(30)16-12-14(4)8-10-17(16)34-24(21)25(29)31/h8-13,22H,5-7H2,1-4H3. The van der Waals surface area contributed by atoms with Gasteiger partial charge in [0.2, 0.25) is 10.9 Å². The smallest absolute Gasteiger partial charge is 0.297 e. The first-order valence-corrected chi connectivity index (χ1v) is 12.4. The Bertz CT molecular complexity index is 1490. The number of hydrogen-bond acceptors (Lipinski definition) is 8. The maximum Gasteiger partial charge on any atom is 0.297 e. The summed E-state index contributed by atoms with van der Waals surface area (Å²) >= 11 is 1.32. The van der Waals surface area contributed by atoms with Gasteiger partial charge >= 0.3 is 0 Å². The number of nitrogens with zero attached hydrogens (tertiary/aromatic N) is 3. The minimum absolute atomic E-state index is 0.0245. The highest BCUT2D eigenvalue weighted by Crippen LogP contribution is 2.44. The fourth-order valence-electron chi connectivity index (χ4n) is 4.32. The summed E-state index contributed by atoms with van der Waals surface area (Å²) in [4.78, 5) is 29.0. The largest absolute Gasteiger partial charge is 0.490 e. The molecule has 0 radical (unpaired) electrons. The highest BCUT2D eigenvalue weighted by Gasteiger charge is 2.45. The zero-order valence-corrected chi connectivity index (χ0v) is 20.8. The van der Waals surface area contributed by atoms with Crippen molar-refractivity contribution in [2.45, 2.75) is 40.2 Å². The Kier molecular flexibility index (Phi) is 6.02. The lowest BCUT2D eigenvalue weighted by atomic mass is 9.98. The molecule has 1 atom stereocenters. The van der Waals surface area contributed by atoms with Crippen molar-refractivity contribution < 1.29 is 18.7 Å². The van der Waals surface area contributed by atoms with E-state index in [9.17, 15) is 9.59 Å². The number of ether oxygens (including phenoxy) is 2. The summed E-state index contributed by atoms with van der Waals surface area (Å²) in [7, 11) is 0. The van der Waals surface area contributed by atoms with E-state index in [0.29, 0.717) is 52.8 Å². The van der Waals surface area contributed by atoms with Crippen LogP contribution in [0.25, 0.3) is 11.0 Å². The molecule has 0 saturated carbocycles. The molecule has 0 fully saturated rings. The summed E-state index contributed by atoms with van der Waals surface area (Å²) in [5.41, 5.74) is 2.04. The van der Waals surface area contributed by atoms with Crippen LogP contribution in [-0.2, 0) is 6.42 Å². The molecule has 0 spiro atoms. The maximum absolute atomic E-state index is 13.8. The van der Waals surface area contributed by atoms with Gasteiger partial charge < -0.3 is 13.9 Å². The van der Waals surface area contributed by atoms with Gasteiger partial charge in [-0.25, -0.2) is 0 Å². The zero-order valence-electron chi connectivity index (χ0n) is 20.0. The number of benzene rings is 2. The van der Waals surface area contributed by atoms with Crippen molar-refractivity contribution in [3.05, 3.63) is 74.1 Å². The molecule has 2 aromatic carbocycles. The minimum atomic E-state index is -0.744. The molecule has 0 saturated heterocycles. The number of aryl methyl sites for hydroxylation is 2. The van der Waals surface area contributed by atoms with E-state index < -0.39 is 11.9 Å². The number of rotatable bonds is 7. The fraction of sp³-hybridized carbons (Fsp3) is 0.308. The van der Waals surface area contributed by atoms with E-state index in [0.717, 1.165) is 10.6 Å². The number of aromatic nitrogens is 2. The molecule has 0 aliphatic carbocycles. The molecule has 180 valence electrons. The van der Waals surface area contributed by atoms with Crippen molar-refractivity contribution in [1.29, 1.82) is 0 Å². The number of hydrogen-bond donors (Lipinski definition) is 0. The Hall–Kier alpha value is -3.72. The average molecular weight is 492 g/mol. The quantitative estimate of drug-likeness (QED) is 0.356. The first-order chi connectivity index (χ1) is 17.0. The molecule has 1 aliphatic rings. The minimum Gasteiger partial charge on any atom is -0.490 e. The zero-order chi connectivity index (χ0) is 24.7. The summed E-state index contributed by atoms with van der Waals surface area (Å²) in [6, 6.07) is 10.1. The van der Waals surface area contributed by atoms with E-state index in [2.05, 4.69) is 10.2 Å². The van der Waals surface area contributed by atoms with Gasteiger partial charge in [-0.1, -0.05) is 36.0 Å². The lowest BCUT2D eigenvalue weighted by Gasteiger charge is -2.23. The monoisotopic (exact) mass is 491 g/mol. The SMILES string of the molecule is CCOc1ccc(C2c3c(oc4ccc(C)cc4c3=O)C(=O)N2c2nnc(CC)s2)cc1OCC. The molecule has 1 unspecified atom stereocenters. The molecule has 1 aliphatic heterocycles. The van der Waals surface area contributed by atoms with Crippen LogP contribution in [0, 0.1) is 6.92 Å². The van der Waals surface area contributed by atoms with Gasteiger partial charge in [-0.2, -0.15) is 0 Å². The second-order valence-corrected chi connectivity index (χ2v) is 9.20. The van der Waals surface area contributed by atoms with Crippen LogP contribution >= 0.6 is 11.3 Å². The average Bonchev–Trinajstić information content (AvgIpc) is 3.44. The van der Waals surface area contributed by atoms with Crippen LogP contribution in [0.5, 0.6) is 11.5 Å². The number of amides is 1. The first kappa shape index (κ1) is 23.0. The third-order valence-corrected chi connectivity index (χ3v) is 6.94. The Morgan fingerprint density at radius 1 is 1.00 bits per heavy atom. The maximum atomic E-state index is 13.8. The van der Waals surface area contributed by atoms with E-state index >= 15 is 0 Å². The molecule has 2 aromatic heterocycles. The summed E-state index contributed by atoms with van der Waals surface area (Å²) in [5.74, 6) is 0.742. The number of carbonyl (C=O) groups excluding carboxylic acids is 1. The van der Waals surface area contributed by atoms with Crippen LogP contribution in [0.3, 0.4) is 0 Å². The van der Waals surface area contributed by atoms with Crippen molar-refractivity contribution in [3.8, 4) is 11.5 Å². The van der Waals surface area contributed by atoms with Crippen LogP contribution < -0.4 is 19.8 Å². The summed E-state index contributed by atoms with van der Waals surface area (Å²) in [5, 5.41) is 10.1. The Morgan fingerprint density at radius 2 is 1.77 bits per heavy atom. The molecule has 0 bridgehead atoms. The second kappa shape index (κ2) is 9.14. The van der Waals surface area contributed by atoms with E-state index in [1.54, 1.807) is 18.2 Å². The van der Waals surface area contributed by atoms with Crippen LogP contribution in [0.1, 0.15) is 59.1 Å². The molecule has 5 rings (SSSR count). The molecule has 0 N–H and O–H groups in total. The van der Waals surface area contributed by atoms with Gasteiger partial charge in [-0.05, 0) is 57.0 Å². The second-order valence-electron chi connectivity index (χ2n) is 8.16. The van der Waals surface area contributed by atoms with Crippen LogP contribution in [-0.4, -0.2) is 29.3 Å². The van der Waals surface area contributed by atoms with Gasteiger partial charge in [0.15, 0.2) is 16.9 Å². The van der Waals surface area contributed by atoms with Crippen LogP contribution in [0.4, 0.5) is 5.13 Å². The van der Waals surface area contributed by atoms with Gasteiger partial charge in [-0.15, -0.1) is 10.2 Å². The lowest BCUT2D eigenvalue weighted by molar-refractivity contribution is 0.0970. The number of carbonyl (C=O) groups is 1. The van der Waals surface area contributed by atoms with Gasteiger partial charge in [0, 0.05) is 0 Å². The van der Waals surface area contributed by atoms with Gasteiger partial charge in [-0.3, -0.25) is 14.5 Å². The molecule has 3 heterocycles. The van der Waals surface area contributed by atoms with E-state index in [4.69, 9.17) is 13.9 Å². The third-order valence-electron chi connectivity index (χ3n) is 5.87. The molecule has 8 nitrogen and oxygen atoms in total. The normalized spacial score (nSPS) is 15.0. The predicted molar refractivity (Wildman–Crippen MR) is 134 cm³/mol. The third kappa shape index (κ3) is 3.85. The molecule has 1 amide bonds. The van der Waals surface area contributed by atoms with E-state index in [1.807, 2.05) is 45.9 Å². The lowest BCUT2D eigenvalue weighted by Crippen LogP contribution is -2.29. The summed E-state index contributed by atoms with van der Waals surface area (Å²) in [6.45, 7) is 8.60. The first-order valence-electron chi connectivity index (χ1n) is 11.6. The van der Waals surface area contributed by atoms with Crippen molar-refractivity contribution in [2.24, 2.45) is 0 Å². The van der Waals surface area contributed by atoms with Gasteiger partial charge in [0.25, 0.3) is 5.91 Å². The molecular formula is C26H25N3O5S. The molecule has 35 heavy (non-hydrogen) atoms. The van der Waals surface area contributed by atoms with Crippen molar-refractivity contribution in [3.63, 3.8) is 0 Å². The predicted octanol–water partition coefficient (Wildman–Crippen LogP) is 5.06. The van der Waals surface area contributed by atoms with E-state index in [1.165, 1.54) is 16.2 Å². The van der Waals surface area contributed by atoms with Gasteiger partial charge in [0.05, 0.1) is 30.2 Å². The fourth-order valence-corrected chi connectivity index (χ4v) is 5.13. The van der Waals surface area contributed by atoms with Crippen LogP contribution in [0.2, 0.25) is 0 Å². The summed E-state index contributed by atoms with van der Waals surface area (Å²) < 4.78 is 17.6. The number of anilines is 1. The molecule has 4 aromatic rings. The summed E-state index contributed by atoms with van der Waals surface area (Å²) in [6.07, 6.45) is 0.690. The Labute approximate surface area is 206 Å². The molecule has 9 heteroatoms. The van der Waals surface area contributed by atoms with Gasteiger partial charge in [0.1, 0.15) is 10.6 Å². The highest BCUT2D eigenvalue weighted by atomic mass is 32.1. The topological polar surface area (TPSA) is 94.8 Å². The van der Waals surface area contributed by atoms with Crippen molar-refractivity contribution in [1.82, 2.24) is 10.2 Å². The van der Waals surface area contributed by atoms with Crippen molar-refractivity contribution >= 4 is 33.3 Å². The Morgan fingerprint density at radius 3 is 2.49 bits per heavy atom. The van der Waals surface area contributed by atoms with Crippen molar-refractivity contribution in [2.75, 3.05) is 18.1 Å². The molecular weight excluding hydrogens is 466 g/mol. The Balaban J connectivity index is 1.77. The van der Waals surface area contributed by atoms with Crippen LogP contribution in [0.15, 0.2) is 45.6 Å².